The van der Waals surface area contributed by atoms with Crippen LogP contribution in [0.5, 0.6) is 0 Å². The zero-order valence-corrected chi connectivity index (χ0v) is 17.9. The molecule has 29 heavy (non-hydrogen) atoms. The number of thiophene rings is 1. The van der Waals surface area contributed by atoms with Gasteiger partial charge in [-0.1, -0.05) is 30.3 Å². The van der Waals surface area contributed by atoms with Crippen LogP contribution in [0.2, 0.25) is 0 Å². The van der Waals surface area contributed by atoms with Crippen molar-refractivity contribution in [2.45, 2.75) is 32.7 Å². The molecule has 7 heteroatoms. The Balaban J connectivity index is 1.71. The van der Waals surface area contributed by atoms with Gasteiger partial charge in [-0.05, 0) is 37.7 Å². The first kappa shape index (κ1) is 21.3. The van der Waals surface area contributed by atoms with Crippen LogP contribution in [0.25, 0.3) is 0 Å². The summed E-state index contributed by atoms with van der Waals surface area (Å²) < 4.78 is 5.20. The number of rotatable bonds is 7. The van der Waals surface area contributed by atoms with Crippen LogP contribution in [0.3, 0.4) is 0 Å². The van der Waals surface area contributed by atoms with Crippen molar-refractivity contribution in [1.82, 2.24) is 5.32 Å². The number of carbonyl (C=O) groups is 2. The number of esters is 1. The predicted octanol–water partition coefficient (Wildman–Crippen LogP) is 1.90. The first-order valence-electron chi connectivity index (χ1n) is 10.2. The minimum absolute atomic E-state index is 0.203. The number of piperidine rings is 1. The highest BCUT2D eigenvalue weighted by Gasteiger charge is 2.31. The molecule has 3 rings (SSSR count). The summed E-state index contributed by atoms with van der Waals surface area (Å²) in [5.74, 6) is 0.0343. The van der Waals surface area contributed by atoms with Crippen molar-refractivity contribution < 1.29 is 19.2 Å². The van der Waals surface area contributed by atoms with E-state index in [2.05, 4.69) is 29.6 Å². The van der Waals surface area contributed by atoms with Crippen molar-refractivity contribution in [3.05, 3.63) is 51.9 Å². The summed E-state index contributed by atoms with van der Waals surface area (Å²) >= 11 is 1.17. The lowest BCUT2D eigenvalue weighted by molar-refractivity contribution is -0.919. The fraction of sp³-hybridized carbons (Fsp3) is 0.455. The predicted molar refractivity (Wildman–Crippen MR) is 115 cm³/mol. The maximum Gasteiger partial charge on any atom is 0.341 e. The van der Waals surface area contributed by atoms with Gasteiger partial charge in [0.15, 0.2) is 0 Å². The molecule has 156 valence electrons. The lowest BCUT2D eigenvalue weighted by Crippen LogP contribution is -3.11. The molecular formula is C22H30N3O3S+. The number of nitrogens with one attached hydrogen (secondary N) is 2. The number of amides is 1. The van der Waals surface area contributed by atoms with Crippen LogP contribution < -0.4 is 16.0 Å². The highest BCUT2D eigenvalue weighted by atomic mass is 32.1. The molecule has 4 N–H and O–H groups in total. The van der Waals surface area contributed by atoms with Gasteiger partial charge in [-0.15, -0.1) is 11.3 Å². The molecule has 0 radical (unpaired) electrons. The van der Waals surface area contributed by atoms with E-state index in [4.69, 9.17) is 10.5 Å². The Morgan fingerprint density at radius 1 is 1.24 bits per heavy atom. The average molecular weight is 417 g/mol. The molecule has 0 aliphatic carbocycles. The molecule has 0 atom stereocenters. The standard InChI is InChI=1S/C22H29N3O3S/c1-3-28-22(27)18-17(19(21(26)24-2)29-20(18)23)14-25-11-9-16(10-12-25)13-15-7-5-4-6-8-15/h4-8,16H,3,9-14,23H2,1-2H3,(H,24,26)/p+1. The maximum atomic E-state index is 12.5. The average Bonchev–Trinajstić information content (AvgIpc) is 3.05. The van der Waals surface area contributed by atoms with E-state index in [1.54, 1.807) is 14.0 Å². The lowest BCUT2D eigenvalue weighted by atomic mass is 9.90. The summed E-state index contributed by atoms with van der Waals surface area (Å²) in [5, 5.41) is 3.02. The molecule has 6 nitrogen and oxygen atoms in total. The van der Waals surface area contributed by atoms with E-state index in [1.807, 2.05) is 6.07 Å². The number of nitrogen functional groups attached to an aromatic ring is 1. The molecule has 2 aromatic rings. The second-order valence-corrected chi connectivity index (χ2v) is 8.56. The van der Waals surface area contributed by atoms with Crippen LogP contribution in [0.1, 0.15) is 50.9 Å². The van der Waals surface area contributed by atoms with Gasteiger partial charge in [0.2, 0.25) is 0 Å². The molecule has 1 aliphatic rings. The Morgan fingerprint density at radius 3 is 2.55 bits per heavy atom. The lowest BCUT2D eigenvalue weighted by Gasteiger charge is -2.29. The van der Waals surface area contributed by atoms with Gasteiger partial charge in [0.1, 0.15) is 22.0 Å². The normalized spacial score (nSPS) is 19.0. The summed E-state index contributed by atoms with van der Waals surface area (Å²) in [5.41, 5.74) is 8.59. The third-order valence-electron chi connectivity index (χ3n) is 5.55. The van der Waals surface area contributed by atoms with E-state index in [0.29, 0.717) is 27.9 Å². The van der Waals surface area contributed by atoms with E-state index in [9.17, 15) is 9.59 Å². The molecule has 1 aromatic heterocycles. The summed E-state index contributed by atoms with van der Waals surface area (Å²) in [7, 11) is 1.59. The minimum Gasteiger partial charge on any atom is -0.462 e. The summed E-state index contributed by atoms with van der Waals surface area (Å²) in [6, 6.07) is 10.6. The van der Waals surface area contributed by atoms with E-state index in [1.165, 1.54) is 21.8 Å². The van der Waals surface area contributed by atoms with Crippen molar-refractivity contribution in [2.75, 3.05) is 32.5 Å². The fourth-order valence-electron chi connectivity index (χ4n) is 4.04. The van der Waals surface area contributed by atoms with E-state index in [0.717, 1.165) is 37.9 Å². The molecule has 0 bridgehead atoms. The molecule has 0 saturated carbocycles. The van der Waals surface area contributed by atoms with Crippen molar-refractivity contribution in [3.63, 3.8) is 0 Å². The van der Waals surface area contributed by atoms with Crippen molar-refractivity contribution in [3.8, 4) is 0 Å². The molecule has 1 aliphatic heterocycles. The number of benzene rings is 1. The second kappa shape index (κ2) is 9.89. The SMILES string of the molecule is CCOC(=O)c1c(N)sc(C(=O)NC)c1C[NH+]1CCC(Cc2ccccc2)CC1. The topological polar surface area (TPSA) is 85.9 Å². The molecule has 1 saturated heterocycles. The van der Waals surface area contributed by atoms with E-state index < -0.39 is 5.97 Å². The Bertz CT molecular complexity index is 842. The van der Waals surface area contributed by atoms with Gasteiger partial charge in [-0.2, -0.15) is 0 Å². The van der Waals surface area contributed by atoms with Gasteiger partial charge in [-0.25, -0.2) is 4.79 Å². The van der Waals surface area contributed by atoms with Gasteiger partial charge in [-0.3, -0.25) is 4.79 Å². The van der Waals surface area contributed by atoms with Crippen LogP contribution in [0, 0.1) is 5.92 Å². The minimum atomic E-state index is -0.440. The smallest absolute Gasteiger partial charge is 0.341 e. The van der Waals surface area contributed by atoms with Crippen LogP contribution in [-0.4, -0.2) is 38.6 Å². The van der Waals surface area contributed by atoms with Crippen LogP contribution in [0.15, 0.2) is 30.3 Å². The Morgan fingerprint density at radius 2 is 1.93 bits per heavy atom. The number of likely N-dealkylation sites (tertiary alicyclic amines) is 1. The maximum absolute atomic E-state index is 12.5. The fourth-order valence-corrected chi connectivity index (χ4v) is 5.06. The first-order valence-corrected chi connectivity index (χ1v) is 11.0. The Hall–Kier alpha value is -2.38. The third kappa shape index (κ3) is 5.16. The van der Waals surface area contributed by atoms with Crippen LogP contribution >= 0.6 is 11.3 Å². The van der Waals surface area contributed by atoms with Gasteiger partial charge in [0, 0.05) is 12.6 Å². The molecule has 1 amide bonds. The Kier molecular flexibility index (Phi) is 7.28. The number of nitrogens with two attached hydrogens (primary N) is 1. The number of hydrogen-bond donors (Lipinski definition) is 3. The van der Waals surface area contributed by atoms with E-state index in [-0.39, 0.29) is 12.5 Å². The van der Waals surface area contributed by atoms with Gasteiger partial charge in [0.25, 0.3) is 5.91 Å². The highest BCUT2D eigenvalue weighted by Crippen LogP contribution is 2.31. The number of anilines is 1. The summed E-state index contributed by atoms with van der Waals surface area (Å²) in [6.45, 7) is 4.69. The third-order valence-corrected chi connectivity index (χ3v) is 6.61. The van der Waals surface area contributed by atoms with Crippen LogP contribution in [-0.2, 0) is 17.7 Å². The molecule has 1 aromatic carbocycles. The van der Waals surface area contributed by atoms with E-state index >= 15 is 0 Å². The molecular weight excluding hydrogens is 386 g/mol. The molecule has 1 fully saturated rings. The number of carbonyl (C=O) groups excluding carboxylic acids is 2. The molecule has 0 spiro atoms. The quantitative estimate of drug-likeness (QED) is 0.602. The summed E-state index contributed by atoms with van der Waals surface area (Å²) in [6.07, 6.45) is 3.37. The Labute approximate surface area is 176 Å². The van der Waals surface area contributed by atoms with Gasteiger partial charge < -0.3 is 20.7 Å². The van der Waals surface area contributed by atoms with Crippen molar-refractivity contribution in [1.29, 1.82) is 0 Å². The second-order valence-electron chi connectivity index (χ2n) is 7.51. The zero-order valence-electron chi connectivity index (χ0n) is 17.1. The monoisotopic (exact) mass is 416 g/mol. The number of ether oxygens (including phenoxy) is 1. The summed E-state index contributed by atoms with van der Waals surface area (Å²) in [4.78, 5) is 26.7. The van der Waals surface area contributed by atoms with Crippen molar-refractivity contribution >= 4 is 28.2 Å². The van der Waals surface area contributed by atoms with Gasteiger partial charge >= 0.3 is 5.97 Å². The highest BCUT2D eigenvalue weighted by molar-refractivity contribution is 7.18. The van der Waals surface area contributed by atoms with Gasteiger partial charge in [0.05, 0.1) is 19.7 Å². The first-order chi connectivity index (χ1) is 14.0. The molecule has 0 unspecified atom stereocenters. The largest absolute Gasteiger partial charge is 0.462 e. The number of hydrogen-bond acceptors (Lipinski definition) is 5. The molecule has 2 heterocycles. The van der Waals surface area contributed by atoms with Crippen molar-refractivity contribution in [2.24, 2.45) is 5.92 Å². The number of quaternary nitrogens is 1. The zero-order chi connectivity index (χ0) is 20.8. The van der Waals surface area contributed by atoms with Crippen LogP contribution in [0.4, 0.5) is 5.00 Å².